The Labute approximate surface area is 90.7 Å². The summed E-state index contributed by atoms with van der Waals surface area (Å²) in [5.41, 5.74) is 0. The first kappa shape index (κ1) is 11.3. The van der Waals surface area contributed by atoms with Crippen LogP contribution in [-0.2, 0) is 0 Å². The van der Waals surface area contributed by atoms with Crippen LogP contribution in [0.15, 0.2) is 18.2 Å². The smallest absolute Gasteiger partial charge is 0.131 e. The number of nitrogens with zero attached hydrogens (tertiary/aromatic N) is 1. The Balaban J connectivity index is 2.44. The van der Waals surface area contributed by atoms with E-state index in [0.717, 1.165) is 18.3 Å². The van der Waals surface area contributed by atoms with Crippen molar-refractivity contribution < 1.29 is 0 Å². The lowest BCUT2D eigenvalue weighted by atomic mass is 10.0. The summed E-state index contributed by atoms with van der Waals surface area (Å²) in [6.45, 7) is 5.39. The van der Waals surface area contributed by atoms with Crippen LogP contribution in [0, 0.1) is 5.92 Å². The molecule has 1 N–H and O–H groups in total. The molecular weight excluding hydrogens is 196 g/mol. The fraction of sp³-hybridized carbons (Fsp3) is 0.545. The topological polar surface area (TPSA) is 24.9 Å². The van der Waals surface area contributed by atoms with E-state index in [9.17, 15) is 0 Å². The van der Waals surface area contributed by atoms with E-state index < -0.39 is 0 Å². The normalized spacial score (nSPS) is 10.6. The van der Waals surface area contributed by atoms with Crippen molar-refractivity contribution in [1.29, 1.82) is 0 Å². The Morgan fingerprint density at radius 3 is 2.64 bits per heavy atom. The zero-order valence-electron chi connectivity index (χ0n) is 8.76. The van der Waals surface area contributed by atoms with Crippen LogP contribution in [0.1, 0.15) is 26.7 Å². The summed E-state index contributed by atoms with van der Waals surface area (Å²) < 4.78 is 0. The van der Waals surface area contributed by atoms with Gasteiger partial charge < -0.3 is 5.32 Å². The zero-order chi connectivity index (χ0) is 10.4. The van der Waals surface area contributed by atoms with E-state index in [2.05, 4.69) is 24.1 Å². The first-order chi connectivity index (χ1) is 6.76. The third kappa shape index (κ3) is 3.54. The zero-order valence-corrected chi connectivity index (χ0v) is 9.51. The molecule has 0 spiro atoms. The van der Waals surface area contributed by atoms with Gasteiger partial charge >= 0.3 is 0 Å². The first-order valence-electron chi connectivity index (χ1n) is 5.12. The van der Waals surface area contributed by atoms with Crippen molar-refractivity contribution in [2.45, 2.75) is 26.7 Å². The van der Waals surface area contributed by atoms with Gasteiger partial charge in [-0.25, -0.2) is 4.98 Å². The number of hydrogen-bond donors (Lipinski definition) is 1. The molecule has 0 saturated carbocycles. The molecule has 2 nitrogen and oxygen atoms in total. The molecule has 0 aromatic carbocycles. The standard InChI is InChI=1S/C11H17ClN2/c1-3-9(4-2)8-13-11-7-5-6-10(12)14-11/h5-7,9H,3-4,8H2,1-2H3,(H,13,14). The summed E-state index contributed by atoms with van der Waals surface area (Å²) in [6.07, 6.45) is 2.40. The van der Waals surface area contributed by atoms with E-state index in [1.54, 1.807) is 6.07 Å². The molecule has 0 bridgehead atoms. The van der Waals surface area contributed by atoms with Gasteiger partial charge in [-0.1, -0.05) is 44.4 Å². The molecular formula is C11H17ClN2. The van der Waals surface area contributed by atoms with Crippen LogP contribution in [0.3, 0.4) is 0 Å². The molecule has 1 rings (SSSR count). The van der Waals surface area contributed by atoms with Crippen molar-refractivity contribution in [3.63, 3.8) is 0 Å². The summed E-state index contributed by atoms with van der Waals surface area (Å²) in [4.78, 5) is 4.17. The molecule has 0 aliphatic carbocycles. The van der Waals surface area contributed by atoms with Gasteiger partial charge in [-0.2, -0.15) is 0 Å². The van der Waals surface area contributed by atoms with E-state index in [1.807, 2.05) is 12.1 Å². The van der Waals surface area contributed by atoms with Gasteiger partial charge in [0.15, 0.2) is 0 Å². The quantitative estimate of drug-likeness (QED) is 0.755. The molecule has 3 heteroatoms. The molecule has 1 heterocycles. The average Bonchev–Trinajstić information content (AvgIpc) is 2.19. The monoisotopic (exact) mass is 212 g/mol. The molecule has 0 radical (unpaired) electrons. The number of halogens is 1. The maximum absolute atomic E-state index is 5.78. The van der Waals surface area contributed by atoms with Gasteiger partial charge in [0.05, 0.1) is 0 Å². The third-order valence-corrected chi connectivity index (χ3v) is 2.65. The predicted molar refractivity (Wildman–Crippen MR) is 61.8 cm³/mol. The molecule has 0 fully saturated rings. The number of aromatic nitrogens is 1. The summed E-state index contributed by atoms with van der Waals surface area (Å²) in [7, 11) is 0. The van der Waals surface area contributed by atoms with Gasteiger partial charge in [0, 0.05) is 6.54 Å². The van der Waals surface area contributed by atoms with Crippen molar-refractivity contribution in [3.8, 4) is 0 Å². The van der Waals surface area contributed by atoms with Gasteiger partial charge in [0.25, 0.3) is 0 Å². The number of hydrogen-bond acceptors (Lipinski definition) is 2. The Hall–Kier alpha value is -0.760. The first-order valence-corrected chi connectivity index (χ1v) is 5.50. The van der Waals surface area contributed by atoms with Gasteiger partial charge in [0.1, 0.15) is 11.0 Å². The second kappa shape index (κ2) is 5.86. The van der Waals surface area contributed by atoms with Crippen molar-refractivity contribution in [2.24, 2.45) is 5.92 Å². The fourth-order valence-electron chi connectivity index (χ4n) is 1.33. The van der Waals surface area contributed by atoms with Crippen molar-refractivity contribution in [1.82, 2.24) is 4.98 Å². The maximum Gasteiger partial charge on any atom is 0.131 e. The average molecular weight is 213 g/mol. The minimum absolute atomic E-state index is 0.541. The van der Waals surface area contributed by atoms with Gasteiger partial charge in [0.2, 0.25) is 0 Å². The third-order valence-electron chi connectivity index (χ3n) is 2.44. The molecule has 0 saturated heterocycles. The van der Waals surface area contributed by atoms with E-state index in [0.29, 0.717) is 5.15 Å². The van der Waals surface area contributed by atoms with Crippen LogP contribution < -0.4 is 5.32 Å². The maximum atomic E-state index is 5.78. The van der Waals surface area contributed by atoms with Crippen LogP contribution in [0.2, 0.25) is 5.15 Å². The van der Waals surface area contributed by atoms with Crippen LogP contribution in [0.4, 0.5) is 5.82 Å². The highest BCUT2D eigenvalue weighted by Crippen LogP contribution is 2.12. The summed E-state index contributed by atoms with van der Waals surface area (Å²) in [5, 5.41) is 3.83. The Kier molecular flexibility index (Phi) is 4.74. The lowest BCUT2D eigenvalue weighted by Crippen LogP contribution is -2.13. The second-order valence-electron chi connectivity index (χ2n) is 3.41. The Bertz CT molecular complexity index is 272. The van der Waals surface area contributed by atoms with Crippen LogP contribution in [0.5, 0.6) is 0 Å². The number of anilines is 1. The van der Waals surface area contributed by atoms with E-state index in [4.69, 9.17) is 11.6 Å². The number of rotatable bonds is 5. The SMILES string of the molecule is CCC(CC)CNc1cccc(Cl)n1. The van der Waals surface area contributed by atoms with Gasteiger partial charge in [-0.15, -0.1) is 0 Å². The molecule has 14 heavy (non-hydrogen) atoms. The highest BCUT2D eigenvalue weighted by Gasteiger charge is 2.03. The van der Waals surface area contributed by atoms with E-state index in [1.165, 1.54) is 12.8 Å². The molecule has 78 valence electrons. The number of pyridine rings is 1. The van der Waals surface area contributed by atoms with Crippen molar-refractivity contribution >= 4 is 17.4 Å². The summed E-state index contributed by atoms with van der Waals surface area (Å²) >= 11 is 5.78. The molecule has 0 atom stereocenters. The highest BCUT2D eigenvalue weighted by molar-refractivity contribution is 6.29. The fourth-order valence-corrected chi connectivity index (χ4v) is 1.50. The molecule has 1 aromatic heterocycles. The van der Waals surface area contributed by atoms with Crippen LogP contribution in [-0.4, -0.2) is 11.5 Å². The lowest BCUT2D eigenvalue weighted by Gasteiger charge is -2.13. The van der Waals surface area contributed by atoms with Gasteiger partial charge in [-0.3, -0.25) is 0 Å². The van der Waals surface area contributed by atoms with Crippen LogP contribution >= 0.6 is 11.6 Å². The second-order valence-corrected chi connectivity index (χ2v) is 3.80. The minimum atomic E-state index is 0.541. The van der Waals surface area contributed by atoms with Gasteiger partial charge in [-0.05, 0) is 18.1 Å². The predicted octanol–water partition coefficient (Wildman–Crippen LogP) is 3.58. The van der Waals surface area contributed by atoms with Crippen LogP contribution in [0.25, 0.3) is 0 Å². The van der Waals surface area contributed by atoms with Crippen molar-refractivity contribution in [2.75, 3.05) is 11.9 Å². The largest absolute Gasteiger partial charge is 0.370 e. The molecule has 1 aromatic rings. The summed E-state index contributed by atoms with van der Waals surface area (Å²) in [5.74, 6) is 1.58. The molecule has 0 aliphatic heterocycles. The minimum Gasteiger partial charge on any atom is -0.370 e. The van der Waals surface area contributed by atoms with Crippen molar-refractivity contribution in [3.05, 3.63) is 23.4 Å². The van der Waals surface area contributed by atoms with E-state index in [-0.39, 0.29) is 0 Å². The Morgan fingerprint density at radius 1 is 1.36 bits per heavy atom. The molecule has 0 aliphatic rings. The lowest BCUT2D eigenvalue weighted by molar-refractivity contribution is 0.518. The highest BCUT2D eigenvalue weighted by atomic mass is 35.5. The van der Waals surface area contributed by atoms with E-state index >= 15 is 0 Å². The summed E-state index contributed by atoms with van der Waals surface area (Å²) in [6, 6.07) is 5.63. The Morgan fingerprint density at radius 2 is 2.07 bits per heavy atom. The molecule has 0 amide bonds. The number of nitrogens with one attached hydrogen (secondary N) is 1. The molecule has 0 unspecified atom stereocenters.